The first-order chi connectivity index (χ1) is 9.61. The number of ketones is 1. The van der Waals surface area contributed by atoms with Gasteiger partial charge in [0.1, 0.15) is 12.0 Å². The van der Waals surface area contributed by atoms with Gasteiger partial charge in [0.25, 0.3) is 0 Å². The van der Waals surface area contributed by atoms with Crippen molar-refractivity contribution in [3.05, 3.63) is 64.2 Å². The highest BCUT2D eigenvalue weighted by Crippen LogP contribution is 2.25. The third-order valence-electron chi connectivity index (χ3n) is 2.90. The van der Waals surface area contributed by atoms with Crippen LogP contribution < -0.4 is 4.74 Å². The van der Waals surface area contributed by atoms with Gasteiger partial charge < -0.3 is 4.74 Å². The summed E-state index contributed by atoms with van der Waals surface area (Å²) in [7, 11) is 0. The number of aldehydes is 1. The van der Waals surface area contributed by atoms with Gasteiger partial charge in [0.05, 0.1) is 5.02 Å². The number of hydrogen-bond donors (Lipinski definition) is 0. The van der Waals surface area contributed by atoms with E-state index in [0.717, 1.165) is 5.56 Å². The Hall–Kier alpha value is -2.13. The van der Waals surface area contributed by atoms with Crippen LogP contribution in [0.25, 0.3) is 0 Å². The number of rotatable bonds is 5. The van der Waals surface area contributed by atoms with E-state index in [4.69, 9.17) is 16.3 Å². The van der Waals surface area contributed by atoms with Gasteiger partial charge in [0.15, 0.2) is 12.4 Å². The van der Waals surface area contributed by atoms with Crippen molar-refractivity contribution in [1.82, 2.24) is 0 Å². The normalized spacial score (nSPS) is 10.1. The van der Waals surface area contributed by atoms with Gasteiger partial charge in [-0.3, -0.25) is 9.59 Å². The molecule has 20 heavy (non-hydrogen) atoms. The maximum Gasteiger partial charge on any atom is 0.200 e. The summed E-state index contributed by atoms with van der Waals surface area (Å²) < 4.78 is 5.41. The van der Waals surface area contributed by atoms with Crippen molar-refractivity contribution in [2.75, 3.05) is 6.61 Å². The second-order valence-electron chi connectivity index (χ2n) is 4.33. The molecule has 2 aromatic rings. The van der Waals surface area contributed by atoms with E-state index in [1.54, 1.807) is 18.2 Å². The molecule has 0 aliphatic rings. The van der Waals surface area contributed by atoms with Gasteiger partial charge in [-0.15, -0.1) is 0 Å². The zero-order chi connectivity index (χ0) is 14.5. The molecule has 0 spiro atoms. The molecule has 3 nitrogen and oxygen atoms in total. The summed E-state index contributed by atoms with van der Waals surface area (Å²) in [5.41, 5.74) is 2.00. The Kier molecular flexibility index (Phi) is 4.53. The van der Waals surface area contributed by atoms with E-state index in [1.165, 1.54) is 6.07 Å². The van der Waals surface area contributed by atoms with E-state index < -0.39 is 0 Å². The second kappa shape index (κ2) is 6.35. The molecular weight excluding hydrogens is 276 g/mol. The van der Waals surface area contributed by atoms with E-state index in [1.807, 2.05) is 25.1 Å². The first-order valence-electron chi connectivity index (χ1n) is 6.08. The Morgan fingerprint density at radius 3 is 2.65 bits per heavy atom. The van der Waals surface area contributed by atoms with Gasteiger partial charge in [0, 0.05) is 11.1 Å². The highest BCUT2D eigenvalue weighted by Gasteiger charge is 2.10. The molecule has 0 aliphatic carbocycles. The van der Waals surface area contributed by atoms with E-state index in [-0.39, 0.29) is 12.4 Å². The van der Waals surface area contributed by atoms with Gasteiger partial charge in [-0.05, 0) is 30.7 Å². The minimum Gasteiger partial charge on any atom is -0.484 e. The maximum absolute atomic E-state index is 12.0. The molecule has 0 saturated heterocycles. The van der Waals surface area contributed by atoms with E-state index in [9.17, 15) is 9.59 Å². The Morgan fingerprint density at radius 1 is 1.25 bits per heavy atom. The summed E-state index contributed by atoms with van der Waals surface area (Å²) in [5, 5.41) is 0.312. The standard InChI is InChI=1S/C16H13ClO3/c1-11-4-2-3-5-13(11)15(19)10-20-16-7-6-12(9-18)8-14(16)17/h2-9H,10H2,1H3. The van der Waals surface area contributed by atoms with Crippen molar-refractivity contribution in [2.45, 2.75) is 6.92 Å². The maximum atomic E-state index is 12.0. The zero-order valence-electron chi connectivity index (χ0n) is 10.9. The average Bonchev–Trinajstić information content (AvgIpc) is 2.46. The number of Topliss-reactive ketones (excluding diaryl/α,β-unsaturated/α-hetero) is 1. The third-order valence-corrected chi connectivity index (χ3v) is 3.19. The number of halogens is 1. The lowest BCUT2D eigenvalue weighted by atomic mass is 10.1. The molecule has 0 aliphatic heterocycles. The Bertz CT molecular complexity index is 650. The summed E-state index contributed by atoms with van der Waals surface area (Å²) in [5.74, 6) is 0.276. The van der Waals surface area contributed by atoms with Gasteiger partial charge in [-0.2, -0.15) is 0 Å². The number of carbonyl (C=O) groups excluding carboxylic acids is 2. The van der Waals surface area contributed by atoms with Crippen LogP contribution in [0.1, 0.15) is 26.3 Å². The summed E-state index contributed by atoms with van der Waals surface area (Å²) in [6, 6.07) is 12.0. The first kappa shape index (κ1) is 14.3. The Balaban J connectivity index is 2.07. The monoisotopic (exact) mass is 288 g/mol. The molecular formula is C16H13ClO3. The predicted octanol–water partition coefficient (Wildman–Crippen LogP) is 3.72. The van der Waals surface area contributed by atoms with Crippen LogP contribution in [0.3, 0.4) is 0 Å². The van der Waals surface area contributed by atoms with Gasteiger partial charge in [-0.25, -0.2) is 0 Å². The average molecular weight is 289 g/mol. The lowest BCUT2D eigenvalue weighted by Gasteiger charge is -2.09. The molecule has 4 heteroatoms. The van der Waals surface area contributed by atoms with Crippen molar-refractivity contribution in [3.8, 4) is 5.75 Å². The topological polar surface area (TPSA) is 43.4 Å². The summed E-state index contributed by atoms with van der Waals surface area (Å²) in [6.45, 7) is 1.78. The molecule has 2 rings (SSSR count). The smallest absolute Gasteiger partial charge is 0.200 e. The minimum atomic E-state index is -0.112. The summed E-state index contributed by atoms with van der Waals surface area (Å²) in [6.07, 6.45) is 0.703. The van der Waals surface area contributed by atoms with Crippen molar-refractivity contribution < 1.29 is 14.3 Å². The van der Waals surface area contributed by atoms with E-state index >= 15 is 0 Å². The molecule has 2 aromatic carbocycles. The molecule has 0 fully saturated rings. The number of carbonyl (C=O) groups is 2. The molecule has 0 radical (unpaired) electrons. The summed E-state index contributed by atoms with van der Waals surface area (Å²) in [4.78, 5) is 22.7. The minimum absolute atomic E-state index is 0.0923. The number of aryl methyl sites for hydroxylation is 1. The zero-order valence-corrected chi connectivity index (χ0v) is 11.7. The molecule has 102 valence electrons. The summed E-state index contributed by atoms with van der Waals surface area (Å²) >= 11 is 5.97. The van der Waals surface area contributed by atoms with E-state index in [0.29, 0.717) is 28.2 Å². The van der Waals surface area contributed by atoms with Crippen LogP contribution >= 0.6 is 11.6 Å². The van der Waals surface area contributed by atoms with Crippen molar-refractivity contribution in [3.63, 3.8) is 0 Å². The quantitative estimate of drug-likeness (QED) is 0.622. The molecule has 0 bridgehead atoms. The first-order valence-corrected chi connectivity index (χ1v) is 6.46. The van der Waals surface area contributed by atoms with Crippen molar-refractivity contribution in [2.24, 2.45) is 0 Å². The Labute approximate surface area is 122 Å². The fourth-order valence-electron chi connectivity index (χ4n) is 1.81. The highest BCUT2D eigenvalue weighted by molar-refractivity contribution is 6.32. The van der Waals surface area contributed by atoms with Crippen molar-refractivity contribution >= 4 is 23.7 Å². The van der Waals surface area contributed by atoms with Crippen LogP contribution in [0.5, 0.6) is 5.75 Å². The molecule has 0 saturated carbocycles. The van der Waals surface area contributed by atoms with Crippen LogP contribution in [0.4, 0.5) is 0 Å². The van der Waals surface area contributed by atoms with Crippen LogP contribution in [0, 0.1) is 6.92 Å². The van der Waals surface area contributed by atoms with Crippen LogP contribution in [-0.2, 0) is 0 Å². The van der Waals surface area contributed by atoms with Crippen LogP contribution in [0.15, 0.2) is 42.5 Å². The SMILES string of the molecule is Cc1ccccc1C(=O)COc1ccc(C=O)cc1Cl. The molecule has 0 atom stereocenters. The van der Waals surface area contributed by atoms with Crippen molar-refractivity contribution in [1.29, 1.82) is 0 Å². The third kappa shape index (κ3) is 3.25. The molecule has 0 heterocycles. The Morgan fingerprint density at radius 2 is 2.00 bits per heavy atom. The molecule has 0 N–H and O–H groups in total. The predicted molar refractivity (Wildman–Crippen MR) is 77.8 cm³/mol. The molecule has 0 unspecified atom stereocenters. The van der Waals surface area contributed by atoms with E-state index in [2.05, 4.69) is 0 Å². The fourth-order valence-corrected chi connectivity index (χ4v) is 2.06. The molecule has 0 amide bonds. The number of hydrogen-bond acceptors (Lipinski definition) is 3. The fraction of sp³-hybridized carbons (Fsp3) is 0.125. The highest BCUT2D eigenvalue weighted by atomic mass is 35.5. The lowest BCUT2D eigenvalue weighted by molar-refractivity contribution is 0.0920. The number of ether oxygens (including phenoxy) is 1. The number of benzene rings is 2. The molecule has 0 aromatic heterocycles. The van der Waals surface area contributed by atoms with Gasteiger partial charge in [0.2, 0.25) is 0 Å². The second-order valence-corrected chi connectivity index (χ2v) is 4.74. The van der Waals surface area contributed by atoms with Crippen LogP contribution in [0.2, 0.25) is 5.02 Å². The largest absolute Gasteiger partial charge is 0.484 e. The van der Waals surface area contributed by atoms with Gasteiger partial charge in [-0.1, -0.05) is 35.9 Å². The lowest BCUT2D eigenvalue weighted by Crippen LogP contribution is -2.13. The van der Waals surface area contributed by atoms with Crippen LogP contribution in [-0.4, -0.2) is 18.7 Å². The van der Waals surface area contributed by atoms with Gasteiger partial charge >= 0.3 is 0 Å².